The zero-order chi connectivity index (χ0) is 22.8. The van der Waals surface area contributed by atoms with E-state index in [9.17, 15) is 14.7 Å². The van der Waals surface area contributed by atoms with Crippen LogP contribution in [0.2, 0.25) is 0 Å². The van der Waals surface area contributed by atoms with Gasteiger partial charge < -0.3 is 24.5 Å². The zero-order valence-electron chi connectivity index (χ0n) is 18.6. The average molecular weight is 437 g/mol. The van der Waals surface area contributed by atoms with E-state index in [0.29, 0.717) is 30.8 Å². The van der Waals surface area contributed by atoms with Crippen molar-refractivity contribution in [2.24, 2.45) is 0 Å². The molecule has 1 N–H and O–H groups in total. The number of benzene rings is 1. The third-order valence-electron chi connectivity index (χ3n) is 5.84. The number of hydrogen-bond acceptors (Lipinski definition) is 7. The summed E-state index contributed by atoms with van der Waals surface area (Å²) >= 11 is 0. The van der Waals surface area contributed by atoms with Crippen molar-refractivity contribution in [2.45, 2.75) is 12.5 Å². The Kier molecular flexibility index (Phi) is 6.14. The number of aliphatic hydroxyl groups excluding tert-OH is 1. The predicted octanol–water partition coefficient (Wildman–Crippen LogP) is 2.28. The molecule has 0 radical (unpaired) electrons. The Morgan fingerprint density at radius 1 is 1.25 bits per heavy atom. The molecule has 1 unspecified atom stereocenters. The fraction of sp³-hybridized carbons (Fsp3) is 0.375. The van der Waals surface area contributed by atoms with Crippen molar-refractivity contribution in [3.8, 4) is 5.75 Å². The summed E-state index contributed by atoms with van der Waals surface area (Å²) in [5.74, 6) is -0.777. The minimum absolute atomic E-state index is 0.0675. The molecule has 1 aromatic heterocycles. The van der Waals surface area contributed by atoms with Crippen LogP contribution in [-0.4, -0.2) is 79.0 Å². The number of Topliss-reactive ketones (excluding diaryl/α,β-unsaturated/α-hetero) is 1. The van der Waals surface area contributed by atoms with Gasteiger partial charge in [-0.3, -0.25) is 14.6 Å². The first-order chi connectivity index (χ1) is 15.4. The van der Waals surface area contributed by atoms with Crippen LogP contribution < -0.4 is 9.64 Å². The summed E-state index contributed by atoms with van der Waals surface area (Å²) in [5.41, 5.74) is 1.91. The molecule has 168 valence electrons. The minimum Gasteiger partial charge on any atom is -0.507 e. The summed E-state index contributed by atoms with van der Waals surface area (Å²) in [4.78, 5) is 36.0. The molecule has 2 aliphatic rings. The fourth-order valence-corrected chi connectivity index (χ4v) is 4.17. The molecular weight excluding hydrogens is 408 g/mol. The quantitative estimate of drug-likeness (QED) is 0.422. The number of likely N-dealkylation sites (tertiary alicyclic amines) is 1. The summed E-state index contributed by atoms with van der Waals surface area (Å²) in [6, 6.07) is 9.92. The van der Waals surface area contributed by atoms with Gasteiger partial charge in [-0.1, -0.05) is 6.07 Å². The second kappa shape index (κ2) is 9.00. The lowest BCUT2D eigenvalue weighted by Gasteiger charge is -2.28. The molecule has 4 rings (SSSR count). The number of carbonyl (C=O) groups is 2. The Morgan fingerprint density at radius 3 is 2.78 bits per heavy atom. The highest BCUT2D eigenvalue weighted by atomic mass is 16.5. The lowest BCUT2D eigenvalue weighted by molar-refractivity contribution is -0.140. The Balaban J connectivity index is 1.78. The number of fused-ring (bicyclic) bond motifs is 1. The molecule has 1 atom stereocenters. The SMILES string of the molecule is CN(C)CCCN1C(=O)C(=O)/C(=C(\O)c2ccc3c(c2)N(C)CCO3)C1c1ccccn1. The maximum absolute atomic E-state index is 13.1. The third-order valence-corrected chi connectivity index (χ3v) is 5.84. The molecule has 2 aromatic rings. The molecule has 1 aromatic carbocycles. The molecule has 2 aliphatic heterocycles. The van der Waals surface area contributed by atoms with Gasteiger partial charge in [0, 0.05) is 25.4 Å². The summed E-state index contributed by atoms with van der Waals surface area (Å²) < 4.78 is 5.68. The van der Waals surface area contributed by atoms with Crippen LogP contribution in [0.5, 0.6) is 5.75 Å². The van der Waals surface area contributed by atoms with Crippen molar-refractivity contribution in [3.63, 3.8) is 0 Å². The number of hydrogen-bond donors (Lipinski definition) is 1. The molecule has 0 aliphatic carbocycles. The molecule has 8 nitrogen and oxygen atoms in total. The Bertz CT molecular complexity index is 1050. The van der Waals surface area contributed by atoms with E-state index in [1.165, 1.54) is 4.90 Å². The molecular formula is C24H28N4O4. The molecule has 1 amide bonds. The number of carbonyl (C=O) groups excluding carboxylic acids is 2. The number of likely N-dealkylation sites (N-methyl/N-ethyl adjacent to an activating group) is 1. The van der Waals surface area contributed by atoms with Crippen LogP contribution in [0.4, 0.5) is 5.69 Å². The predicted molar refractivity (Wildman–Crippen MR) is 122 cm³/mol. The van der Waals surface area contributed by atoms with E-state index in [0.717, 1.165) is 24.5 Å². The average Bonchev–Trinajstić information content (AvgIpc) is 3.04. The molecule has 3 heterocycles. The van der Waals surface area contributed by atoms with Gasteiger partial charge in [-0.25, -0.2) is 0 Å². The lowest BCUT2D eigenvalue weighted by Crippen LogP contribution is -2.32. The first kappa shape index (κ1) is 21.8. The Hall–Kier alpha value is -3.39. The molecule has 1 saturated heterocycles. The zero-order valence-corrected chi connectivity index (χ0v) is 18.6. The van der Waals surface area contributed by atoms with Crippen molar-refractivity contribution in [1.29, 1.82) is 0 Å². The van der Waals surface area contributed by atoms with Gasteiger partial charge in [0.15, 0.2) is 0 Å². The number of amides is 1. The topological polar surface area (TPSA) is 86.2 Å². The van der Waals surface area contributed by atoms with Gasteiger partial charge in [0.1, 0.15) is 24.2 Å². The Labute approximate surface area is 187 Å². The maximum Gasteiger partial charge on any atom is 0.295 e. The smallest absolute Gasteiger partial charge is 0.295 e. The van der Waals surface area contributed by atoms with Gasteiger partial charge in [0.05, 0.1) is 23.5 Å². The molecule has 32 heavy (non-hydrogen) atoms. The van der Waals surface area contributed by atoms with Crippen molar-refractivity contribution in [1.82, 2.24) is 14.8 Å². The monoisotopic (exact) mass is 436 g/mol. The van der Waals surface area contributed by atoms with E-state index in [1.54, 1.807) is 36.5 Å². The minimum atomic E-state index is -0.733. The highest BCUT2D eigenvalue weighted by molar-refractivity contribution is 6.46. The van der Waals surface area contributed by atoms with Crippen LogP contribution >= 0.6 is 0 Å². The van der Waals surface area contributed by atoms with E-state index in [2.05, 4.69) is 4.98 Å². The number of aliphatic hydroxyl groups is 1. The number of ketones is 1. The molecule has 1 fully saturated rings. The second-order valence-corrected chi connectivity index (χ2v) is 8.36. The van der Waals surface area contributed by atoms with E-state index in [1.807, 2.05) is 37.0 Å². The van der Waals surface area contributed by atoms with Crippen molar-refractivity contribution in [3.05, 3.63) is 59.4 Å². The van der Waals surface area contributed by atoms with E-state index in [4.69, 9.17) is 4.74 Å². The fourth-order valence-electron chi connectivity index (χ4n) is 4.17. The van der Waals surface area contributed by atoms with Gasteiger partial charge in [0.2, 0.25) is 0 Å². The van der Waals surface area contributed by atoms with Crippen LogP contribution in [0, 0.1) is 0 Å². The first-order valence-electron chi connectivity index (χ1n) is 10.7. The van der Waals surface area contributed by atoms with Crippen molar-refractivity contribution in [2.75, 3.05) is 52.3 Å². The van der Waals surface area contributed by atoms with Crippen LogP contribution in [0.25, 0.3) is 5.76 Å². The number of aromatic nitrogens is 1. The van der Waals surface area contributed by atoms with Crippen LogP contribution in [-0.2, 0) is 9.59 Å². The highest BCUT2D eigenvalue weighted by Crippen LogP contribution is 2.40. The normalized spacial score (nSPS) is 19.9. The van der Waals surface area contributed by atoms with Crippen LogP contribution in [0.3, 0.4) is 0 Å². The number of ether oxygens (including phenoxy) is 1. The number of nitrogens with zero attached hydrogens (tertiary/aromatic N) is 4. The maximum atomic E-state index is 13.1. The molecule has 8 heteroatoms. The summed E-state index contributed by atoms with van der Waals surface area (Å²) in [6.45, 7) is 2.48. The molecule has 0 bridgehead atoms. The van der Waals surface area contributed by atoms with E-state index in [-0.39, 0.29) is 11.3 Å². The summed E-state index contributed by atoms with van der Waals surface area (Å²) in [6.07, 6.45) is 2.32. The van der Waals surface area contributed by atoms with Gasteiger partial charge in [0.25, 0.3) is 11.7 Å². The van der Waals surface area contributed by atoms with Crippen molar-refractivity contribution >= 4 is 23.1 Å². The Morgan fingerprint density at radius 2 is 2.06 bits per heavy atom. The lowest BCUT2D eigenvalue weighted by atomic mass is 9.97. The van der Waals surface area contributed by atoms with Gasteiger partial charge in [-0.05, 0) is 57.4 Å². The molecule has 0 spiro atoms. The second-order valence-electron chi connectivity index (χ2n) is 8.36. The van der Waals surface area contributed by atoms with E-state index >= 15 is 0 Å². The number of pyridine rings is 1. The van der Waals surface area contributed by atoms with Crippen LogP contribution in [0.1, 0.15) is 23.7 Å². The van der Waals surface area contributed by atoms with E-state index < -0.39 is 17.7 Å². The van der Waals surface area contributed by atoms with Crippen LogP contribution in [0.15, 0.2) is 48.2 Å². The van der Waals surface area contributed by atoms with Gasteiger partial charge in [-0.2, -0.15) is 0 Å². The third kappa shape index (κ3) is 4.05. The van der Waals surface area contributed by atoms with Gasteiger partial charge >= 0.3 is 0 Å². The standard InChI is InChI=1S/C24H28N4O4/c1-26(2)11-6-12-28-21(17-7-4-5-10-25-17)20(23(30)24(28)31)22(29)16-8-9-19-18(15-16)27(3)13-14-32-19/h4-5,7-10,15,21,29H,6,11-14H2,1-3H3/b22-20-. The summed E-state index contributed by atoms with van der Waals surface area (Å²) in [7, 11) is 5.87. The number of anilines is 1. The summed E-state index contributed by atoms with van der Waals surface area (Å²) in [5, 5.41) is 11.2. The first-order valence-corrected chi connectivity index (χ1v) is 10.7. The number of rotatable bonds is 6. The highest BCUT2D eigenvalue weighted by Gasteiger charge is 2.46. The largest absolute Gasteiger partial charge is 0.507 e. The van der Waals surface area contributed by atoms with Gasteiger partial charge in [-0.15, -0.1) is 0 Å². The molecule has 0 saturated carbocycles. The van der Waals surface area contributed by atoms with Crippen molar-refractivity contribution < 1.29 is 19.4 Å².